The second-order valence-electron chi connectivity index (χ2n) is 5.16. The molecule has 2 aromatic rings. The Hall–Kier alpha value is -3.39. The topological polar surface area (TPSA) is 111 Å². The van der Waals surface area contributed by atoms with Crippen molar-refractivity contribution in [3.05, 3.63) is 58.6 Å². The number of rotatable bonds is 4. The van der Waals surface area contributed by atoms with Crippen LogP contribution in [0.3, 0.4) is 0 Å². The maximum absolute atomic E-state index is 12.1. The molecule has 0 atom stereocenters. The van der Waals surface area contributed by atoms with Gasteiger partial charge in [-0.15, -0.1) is 0 Å². The molecule has 2 rings (SSSR count). The van der Waals surface area contributed by atoms with Crippen molar-refractivity contribution in [2.75, 3.05) is 24.9 Å². The summed E-state index contributed by atoms with van der Waals surface area (Å²) in [4.78, 5) is 47.0. The maximum Gasteiger partial charge on any atom is 0.337 e. The molecule has 0 heterocycles. The van der Waals surface area contributed by atoms with Gasteiger partial charge in [-0.1, -0.05) is 11.6 Å². The molecule has 0 aliphatic carbocycles. The number of nitrogens with one attached hydrogen (secondary N) is 2. The molecule has 0 aromatic heterocycles. The maximum atomic E-state index is 12.1. The molecule has 0 spiro atoms. The molecule has 2 aromatic carbocycles. The van der Waals surface area contributed by atoms with E-state index in [0.29, 0.717) is 11.3 Å². The lowest BCUT2D eigenvalue weighted by Gasteiger charge is -2.09. The van der Waals surface area contributed by atoms with Crippen molar-refractivity contribution >= 4 is 46.7 Å². The van der Waals surface area contributed by atoms with Crippen LogP contribution in [0, 0.1) is 0 Å². The standard InChI is InChI=1S/C18H15ClN2O6/c1-26-17(24)10-3-6-12(7-4-10)20-15(22)16(23)21-14-9-11(18(25)27-2)5-8-13(14)19/h3-9H,1-2H3,(H,20,22)(H,21,23). The quantitative estimate of drug-likeness (QED) is 0.613. The Morgan fingerprint density at radius 1 is 0.778 bits per heavy atom. The van der Waals surface area contributed by atoms with E-state index in [4.69, 9.17) is 11.6 Å². The second-order valence-corrected chi connectivity index (χ2v) is 5.57. The van der Waals surface area contributed by atoms with Gasteiger partial charge in [0.1, 0.15) is 0 Å². The smallest absolute Gasteiger partial charge is 0.337 e. The van der Waals surface area contributed by atoms with Crippen LogP contribution in [0.2, 0.25) is 5.02 Å². The molecule has 140 valence electrons. The minimum Gasteiger partial charge on any atom is -0.465 e. The van der Waals surface area contributed by atoms with Crippen molar-refractivity contribution < 1.29 is 28.7 Å². The van der Waals surface area contributed by atoms with Crippen molar-refractivity contribution in [2.45, 2.75) is 0 Å². The zero-order valence-corrected chi connectivity index (χ0v) is 15.1. The first-order valence-corrected chi connectivity index (χ1v) is 7.92. The van der Waals surface area contributed by atoms with Crippen molar-refractivity contribution in [3.8, 4) is 0 Å². The molecule has 0 aliphatic heterocycles. The Kier molecular flexibility index (Phi) is 6.51. The fourth-order valence-electron chi connectivity index (χ4n) is 2.04. The molecule has 0 aliphatic rings. The third-order valence-electron chi connectivity index (χ3n) is 3.41. The highest BCUT2D eigenvalue weighted by Crippen LogP contribution is 2.23. The first-order chi connectivity index (χ1) is 12.8. The lowest BCUT2D eigenvalue weighted by molar-refractivity contribution is -0.132. The molecular formula is C18H15ClN2O6. The van der Waals surface area contributed by atoms with Gasteiger partial charge in [0.25, 0.3) is 0 Å². The predicted octanol–water partition coefficient (Wildman–Crippen LogP) is 2.49. The van der Waals surface area contributed by atoms with Crippen LogP contribution in [0.5, 0.6) is 0 Å². The number of halogens is 1. The molecular weight excluding hydrogens is 376 g/mol. The number of benzene rings is 2. The Labute approximate surface area is 159 Å². The van der Waals surface area contributed by atoms with Crippen LogP contribution in [0.25, 0.3) is 0 Å². The molecule has 8 nitrogen and oxygen atoms in total. The average molecular weight is 391 g/mol. The van der Waals surface area contributed by atoms with Gasteiger partial charge in [0.2, 0.25) is 0 Å². The molecule has 0 bridgehead atoms. The zero-order valence-electron chi connectivity index (χ0n) is 14.4. The first-order valence-electron chi connectivity index (χ1n) is 7.54. The largest absolute Gasteiger partial charge is 0.465 e. The molecule has 27 heavy (non-hydrogen) atoms. The van der Waals surface area contributed by atoms with Gasteiger partial charge in [-0.3, -0.25) is 9.59 Å². The van der Waals surface area contributed by atoms with Crippen LogP contribution in [-0.4, -0.2) is 38.0 Å². The van der Waals surface area contributed by atoms with Gasteiger partial charge >= 0.3 is 23.8 Å². The number of methoxy groups -OCH3 is 2. The van der Waals surface area contributed by atoms with Gasteiger partial charge in [-0.05, 0) is 42.5 Å². The van der Waals surface area contributed by atoms with Crippen molar-refractivity contribution in [3.63, 3.8) is 0 Å². The summed E-state index contributed by atoms with van der Waals surface area (Å²) in [5, 5.41) is 4.84. The van der Waals surface area contributed by atoms with Gasteiger partial charge in [-0.2, -0.15) is 0 Å². The number of hydrogen-bond donors (Lipinski definition) is 2. The van der Waals surface area contributed by atoms with Crippen molar-refractivity contribution in [2.24, 2.45) is 0 Å². The summed E-state index contributed by atoms with van der Waals surface area (Å²) in [6.07, 6.45) is 0. The molecule has 0 saturated heterocycles. The Bertz CT molecular complexity index is 895. The first kappa shape index (κ1) is 19.9. The highest BCUT2D eigenvalue weighted by molar-refractivity contribution is 6.44. The van der Waals surface area contributed by atoms with E-state index in [1.807, 2.05) is 0 Å². The highest BCUT2D eigenvalue weighted by Gasteiger charge is 2.17. The molecule has 0 unspecified atom stereocenters. The molecule has 0 radical (unpaired) electrons. The lowest BCUT2D eigenvalue weighted by atomic mass is 10.2. The molecule has 2 amide bonds. The number of carbonyl (C=O) groups excluding carboxylic acids is 4. The summed E-state index contributed by atoms with van der Waals surface area (Å²) < 4.78 is 9.16. The number of ether oxygens (including phenoxy) is 2. The summed E-state index contributed by atoms with van der Waals surface area (Å²) >= 11 is 5.97. The van der Waals surface area contributed by atoms with E-state index in [9.17, 15) is 19.2 Å². The van der Waals surface area contributed by atoms with Gasteiger partial charge in [0.05, 0.1) is 36.1 Å². The molecule has 2 N–H and O–H groups in total. The van der Waals surface area contributed by atoms with E-state index in [1.165, 1.54) is 56.7 Å². The highest BCUT2D eigenvalue weighted by atomic mass is 35.5. The monoisotopic (exact) mass is 390 g/mol. The summed E-state index contributed by atoms with van der Waals surface area (Å²) in [5.74, 6) is -3.08. The van der Waals surface area contributed by atoms with E-state index < -0.39 is 23.8 Å². The number of anilines is 2. The lowest BCUT2D eigenvalue weighted by Crippen LogP contribution is -2.29. The third-order valence-corrected chi connectivity index (χ3v) is 3.74. The molecule has 0 fully saturated rings. The Morgan fingerprint density at radius 2 is 1.30 bits per heavy atom. The van der Waals surface area contributed by atoms with E-state index >= 15 is 0 Å². The number of esters is 2. The summed E-state index contributed by atoms with van der Waals surface area (Å²) in [6, 6.07) is 9.89. The van der Waals surface area contributed by atoms with Crippen LogP contribution in [0.1, 0.15) is 20.7 Å². The number of carbonyl (C=O) groups is 4. The summed E-state index contributed by atoms with van der Waals surface area (Å²) in [5.41, 5.74) is 0.848. The van der Waals surface area contributed by atoms with Crippen LogP contribution in [0.4, 0.5) is 11.4 Å². The Balaban J connectivity index is 2.07. The van der Waals surface area contributed by atoms with Crippen LogP contribution in [0.15, 0.2) is 42.5 Å². The summed E-state index contributed by atoms with van der Waals surface area (Å²) in [6.45, 7) is 0. The predicted molar refractivity (Wildman–Crippen MR) is 97.8 cm³/mol. The van der Waals surface area contributed by atoms with E-state index in [2.05, 4.69) is 20.1 Å². The number of amides is 2. The van der Waals surface area contributed by atoms with Gasteiger partial charge in [-0.25, -0.2) is 9.59 Å². The SMILES string of the molecule is COC(=O)c1ccc(NC(=O)C(=O)Nc2cc(C(=O)OC)ccc2Cl)cc1. The Morgan fingerprint density at radius 3 is 1.89 bits per heavy atom. The average Bonchev–Trinajstić information content (AvgIpc) is 2.68. The normalized spacial score (nSPS) is 9.89. The second kappa shape index (κ2) is 8.81. The minimum absolute atomic E-state index is 0.0840. The van der Waals surface area contributed by atoms with E-state index in [-0.39, 0.29) is 16.3 Å². The zero-order chi connectivity index (χ0) is 20.0. The van der Waals surface area contributed by atoms with E-state index in [1.54, 1.807) is 0 Å². The number of hydrogen-bond acceptors (Lipinski definition) is 6. The third kappa shape index (κ3) is 5.05. The summed E-state index contributed by atoms with van der Waals surface area (Å²) in [7, 11) is 2.47. The minimum atomic E-state index is -0.990. The fraction of sp³-hybridized carbons (Fsp3) is 0.111. The van der Waals surface area contributed by atoms with Crippen LogP contribution in [-0.2, 0) is 19.1 Å². The van der Waals surface area contributed by atoms with E-state index in [0.717, 1.165) is 0 Å². The van der Waals surface area contributed by atoms with Crippen molar-refractivity contribution in [1.29, 1.82) is 0 Å². The van der Waals surface area contributed by atoms with Gasteiger partial charge in [0.15, 0.2) is 0 Å². The van der Waals surface area contributed by atoms with Crippen molar-refractivity contribution in [1.82, 2.24) is 0 Å². The van der Waals surface area contributed by atoms with Gasteiger partial charge in [0, 0.05) is 5.69 Å². The fourth-order valence-corrected chi connectivity index (χ4v) is 2.21. The van der Waals surface area contributed by atoms with Crippen LogP contribution < -0.4 is 10.6 Å². The van der Waals surface area contributed by atoms with Crippen LogP contribution >= 0.6 is 11.6 Å². The molecule has 0 saturated carbocycles. The van der Waals surface area contributed by atoms with Gasteiger partial charge < -0.3 is 20.1 Å². The molecule has 9 heteroatoms.